The third-order valence-corrected chi connectivity index (χ3v) is 5.82. The number of aromatic nitrogens is 1. The lowest BCUT2D eigenvalue weighted by atomic mass is 9.97. The quantitative estimate of drug-likeness (QED) is 0.347. The van der Waals surface area contributed by atoms with E-state index in [2.05, 4.69) is 0 Å². The van der Waals surface area contributed by atoms with Gasteiger partial charge in [-0.25, -0.2) is 9.18 Å². The maximum atomic E-state index is 14.9. The number of ketones is 1. The van der Waals surface area contributed by atoms with Gasteiger partial charge in [-0.15, -0.1) is 0 Å². The standard InChI is InChI=1S/C24H16Cl2FNO3/c1-2-13-11-14(8-9-15(13)24(30)31)16-12-20(28-10-4-7-19(27)22(16)28)23(29)21-17(25)5-3-6-18(21)26/h3-12H,2H2,1H3,(H,30,31). The van der Waals surface area contributed by atoms with E-state index in [0.717, 1.165) is 0 Å². The van der Waals surface area contributed by atoms with E-state index in [0.29, 0.717) is 23.1 Å². The highest BCUT2D eigenvalue weighted by Crippen LogP contribution is 2.34. The molecular formula is C24H16Cl2FNO3. The molecule has 2 aromatic carbocycles. The molecule has 156 valence electrons. The fourth-order valence-corrected chi connectivity index (χ4v) is 4.29. The van der Waals surface area contributed by atoms with E-state index >= 15 is 0 Å². The largest absolute Gasteiger partial charge is 0.478 e. The van der Waals surface area contributed by atoms with Gasteiger partial charge in [0.05, 0.1) is 32.4 Å². The van der Waals surface area contributed by atoms with Gasteiger partial charge in [-0.05, 0) is 53.9 Å². The van der Waals surface area contributed by atoms with Crippen molar-refractivity contribution in [2.75, 3.05) is 0 Å². The highest BCUT2D eigenvalue weighted by Gasteiger charge is 2.24. The molecule has 2 aromatic heterocycles. The number of carboxylic acids is 1. The van der Waals surface area contributed by atoms with Crippen LogP contribution in [0.25, 0.3) is 16.6 Å². The smallest absolute Gasteiger partial charge is 0.335 e. The van der Waals surface area contributed by atoms with Crippen LogP contribution in [0.1, 0.15) is 38.9 Å². The van der Waals surface area contributed by atoms with Crippen LogP contribution in [0.5, 0.6) is 0 Å². The Kier molecular flexibility index (Phi) is 5.56. The van der Waals surface area contributed by atoms with Crippen molar-refractivity contribution in [3.63, 3.8) is 0 Å². The number of rotatable bonds is 5. The van der Waals surface area contributed by atoms with E-state index < -0.39 is 17.6 Å². The monoisotopic (exact) mass is 455 g/mol. The number of fused-ring (bicyclic) bond motifs is 1. The first-order chi connectivity index (χ1) is 14.8. The molecule has 0 aliphatic carbocycles. The molecule has 4 rings (SSSR count). The summed E-state index contributed by atoms with van der Waals surface area (Å²) in [5, 5.41) is 9.79. The Bertz CT molecular complexity index is 1340. The van der Waals surface area contributed by atoms with E-state index in [4.69, 9.17) is 23.2 Å². The molecule has 0 atom stereocenters. The minimum absolute atomic E-state index is 0.136. The third kappa shape index (κ3) is 3.60. The predicted octanol–water partition coefficient (Wildman–Crippen LogP) is 6.54. The molecule has 31 heavy (non-hydrogen) atoms. The van der Waals surface area contributed by atoms with Gasteiger partial charge < -0.3 is 9.51 Å². The molecule has 7 heteroatoms. The van der Waals surface area contributed by atoms with E-state index in [1.165, 1.54) is 22.6 Å². The van der Waals surface area contributed by atoms with Crippen molar-refractivity contribution in [3.8, 4) is 11.1 Å². The van der Waals surface area contributed by atoms with Crippen molar-refractivity contribution >= 4 is 40.5 Å². The topological polar surface area (TPSA) is 58.8 Å². The van der Waals surface area contributed by atoms with Crippen LogP contribution < -0.4 is 0 Å². The van der Waals surface area contributed by atoms with Gasteiger partial charge in [-0.3, -0.25) is 4.79 Å². The molecule has 0 aliphatic heterocycles. The molecule has 2 heterocycles. The summed E-state index contributed by atoms with van der Waals surface area (Å²) in [5.41, 5.74) is 2.41. The Labute approximate surface area is 187 Å². The second kappa shape index (κ2) is 8.17. The summed E-state index contributed by atoms with van der Waals surface area (Å²) in [6.45, 7) is 1.85. The van der Waals surface area contributed by atoms with Crippen LogP contribution in [0.4, 0.5) is 4.39 Å². The minimum atomic E-state index is -1.03. The predicted molar refractivity (Wildman–Crippen MR) is 119 cm³/mol. The summed E-state index contributed by atoms with van der Waals surface area (Å²) in [7, 11) is 0. The lowest BCUT2D eigenvalue weighted by Gasteiger charge is -2.08. The van der Waals surface area contributed by atoms with Crippen molar-refractivity contribution < 1.29 is 19.1 Å². The normalized spacial score (nSPS) is 11.1. The average molecular weight is 456 g/mol. The zero-order valence-corrected chi connectivity index (χ0v) is 17.8. The lowest BCUT2D eigenvalue weighted by molar-refractivity contribution is 0.0695. The van der Waals surface area contributed by atoms with Crippen LogP contribution in [0.3, 0.4) is 0 Å². The number of aryl methyl sites for hydroxylation is 1. The second-order valence-electron chi connectivity index (χ2n) is 6.97. The first kappa shape index (κ1) is 21.1. The molecular weight excluding hydrogens is 440 g/mol. The van der Waals surface area contributed by atoms with Gasteiger partial charge >= 0.3 is 5.97 Å². The third-order valence-electron chi connectivity index (χ3n) is 5.19. The maximum absolute atomic E-state index is 14.9. The van der Waals surface area contributed by atoms with Crippen molar-refractivity contribution in [2.24, 2.45) is 0 Å². The summed E-state index contributed by atoms with van der Waals surface area (Å²) in [4.78, 5) is 24.8. The van der Waals surface area contributed by atoms with E-state index in [-0.39, 0.29) is 32.4 Å². The summed E-state index contributed by atoms with van der Waals surface area (Å²) >= 11 is 12.4. The number of aromatic carboxylic acids is 1. The Morgan fingerprint density at radius 2 is 1.74 bits per heavy atom. The number of carbonyl (C=O) groups is 2. The molecule has 0 unspecified atom stereocenters. The van der Waals surface area contributed by atoms with Crippen molar-refractivity contribution in [1.29, 1.82) is 0 Å². The Hall–Kier alpha value is -3.15. The molecule has 0 spiro atoms. The summed E-state index contributed by atoms with van der Waals surface area (Å²) in [6.07, 6.45) is 2.08. The highest BCUT2D eigenvalue weighted by atomic mass is 35.5. The van der Waals surface area contributed by atoms with Gasteiger partial charge in [-0.1, -0.05) is 48.3 Å². The number of benzene rings is 2. The molecule has 0 amide bonds. The summed E-state index contributed by atoms with van der Waals surface area (Å²) in [6, 6.07) is 14.0. The van der Waals surface area contributed by atoms with E-state index in [9.17, 15) is 19.1 Å². The van der Waals surface area contributed by atoms with Crippen LogP contribution in [0.15, 0.2) is 60.8 Å². The van der Waals surface area contributed by atoms with Crippen LogP contribution in [0, 0.1) is 5.82 Å². The Morgan fingerprint density at radius 1 is 1.03 bits per heavy atom. The van der Waals surface area contributed by atoms with Crippen molar-refractivity contribution in [3.05, 3.63) is 99.0 Å². The summed E-state index contributed by atoms with van der Waals surface area (Å²) < 4.78 is 16.3. The van der Waals surface area contributed by atoms with Gasteiger partial charge in [0.1, 0.15) is 5.82 Å². The maximum Gasteiger partial charge on any atom is 0.335 e. The van der Waals surface area contributed by atoms with Crippen LogP contribution in [-0.4, -0.2) is 21.3 Å². The number of hydrogen-bond donors (Lipinski definition) is 1. The molecule has 0 saturated carbocycles. The molecule has 4 nitrogen and oxygen atoms in total. The Morgan fingerprint density at radius 3 is 2.39 bits per heavy atom. The molecule has 1 N–H and O–H groups in total. The van der Waals surface area contributed by atoms with Gasteiger partial charge in [0.25, 0.3) is 0 Å². The van der Waals surface area contributed by atoms with Crippen molar-refractivity contribution in [1.82, 2.24) is 4.40 Å². The van der Waals surface area contributed by atoms with Crippen molar-refractivity contribution in [2.45, 2.75) is 13.3 Å². The van der Waals surface area contributed by atoms with Gasteiger partial charge in [0, 0.05) is 11.8 Å². The van der Waals surface area contributed by atoms with Gasteiger partial charge in [-0.2, -0.15) is 0 Å². The number of halogens is 3. The SMILES string of the molecule is CCc1cc(-c2cc(C(=O)c3c(Cl)cccc3Cl)n3cccc(F)c23)ccc1C(=O)O. The fourth-order valence-electron chi connectivity index (χ4n) is 3.72. The zero-order chi connectivity index (χ0) is 22.3. The zero-order valence-electron chi connectivity index (χ0n) is 16.3. The number of carboxylic acid groups (broad SMARTS) is 1. The minimum Gasteiger partial charge on any atom is -0.478 e. The fraction of sp³-hybridized carbons (Fsp3) is 0.0833. The number of nitrogens with zero attached hydrogens (tertiary/aromatic N) is 1. The molecule has 0 bridgehead atoms. The average Bonchev–Trinajstić information content (AvgIpc) is 3.14. The number of pyridine rings is 1. The number of hydrogen-bond acceptors (Lipinski definition) is 2. The second-order valence-corrected chi connectivity index (χ2v) is 7.79. The van der Waals surface area contributed by atoms with Crippen LogP contribution in [0.2, 0.25) is 10.0 Å². The van der Waals surface area contributed by atoms with E-state index in [1.807, 2.05) is 6.92 Å². The summed E-state index contributed by atoms with van der Waals surface area (Å²) in [5.74, 6) is -1.98. The first-order valence-electron chi connectivity index (χ1n) is 9.48. The van der Waals surface area contributed by atoms with Gasteiger partial charge in [0.15, 0.2) is 0 Å². The first-order valence-corrected chi connectivity index (χ1v) is 10.2. The molecule has 0 radical (unpaired) electrons. The van der Waals surface area contributed by atoms with Gasteiger partial charge in [0.2, 0.25) is 5.78 Å². The molecule has 0 aliphatic rings. The Balaban J connectivity index is 1.97. The molecule has 4 aromatic rings. The van der Waals surface area contributed by atoms with E-state index in [1.54, 1.807) is 42.6 Å². The van der Waals surface area contributed by atoms with Crippen LogP contribution >= 0.6 is 23.2 Å². The molecule has 0 fully saturated rings. The lowest BCUT2D eigenvalue weighted by Crippen LogP contribution is -2.07. The highest BCUT2D eigenvalue weighted by molar-refractivity contribution is 6.41. The number of carbonyl (C=O) groups excluding carboxylic acids is 1. The molecule has 0 saturated heterocycles. The van der Waals surface area contributed by atoms with Crippen LogP contribution in [-0.2, 0) is 6.42 Å².